The standard InChI is InChI=1S/C20H29N5O.HI/c1-16-6-7-18(17(2)14-16)19-15-24(12-13-26-19)20(21-3)22-8-4-10-25-11-5-9-23-25;/h5-7,9,11,14,19H,4,8,10,12-13,15H2,1-3H3,(H,21,22);1H. The summed E-state index contributed by atoms with van der Waals surface area (Å²) in [4.78, 5) is 6.76. The minimum Gasteiger partial charge on any atom is -0.370 e. The number of nitrogens with zero attached hydrogens (tertiary/aromatic N) is 4. The van der Waals surface area contributed by atoms with Crippen LogP contribution in [0.5, 0.6) is 0 Å². The maximum atomic E-state index is 6.05. The zero-order chi connectivity index (χ0) is 18.4. The van der Waals surface area contributed by atoms with Crippen molar-refractivity contribution in [3.8, 4) is 0 Å². The van der Waals surface area contributed by atoms with Gasteiger partial charge in [-0.05, 0) is 37.5 Å². The molecule has 1 aliphatic rings. The van der Waals surface area contributed by atoms with Crippen LogP contribution in [0.25, 0.3) is 0 Å². The Morgan fingerprint density at radius 1 is 1.37 bits per heavy atom. The third-order valence-corrected chi connectivity index (χ3v) is 4.76. The predicted molar refractivity (Wildman–Crippen MR) is 120 cm³/mol. The minimum absolute atomic E-state index is 0. The zero-order valence-electron chi connectivity index (χ0n) is 16.4. The van der Waals surface area contributed by atoms with Crippen molar-refractivity contribution < 1.29 is 4.74 Å². The van der Waals surface area contributed by atoms with Crippen molar-refractivity contribution in [2.24, 2.45) is 4.99 Å². The highest BCUT2D eigenvalue weighted by molar-refractivity contribution is 14.0. The molecule has 0 aliphatic carbocycles. The van der Waals surface area contributed by atoms with E-state index in [4.69, 9.17) is 4.74 Å². The van der Waals surface area contributed by atoms with E-state index in [1.165, 1.54) is 16.7 Å². The number of hydrogen-bond donors (Lipinski definition) is 1. The van der Waals surface area contributed by atoms with Crippen LogP contribution >= 0.6 is 24.0 Å². The second-order valence-corrected chi connectivity index (χ2v) is 6.76. The third kappa shape index (κ3) is 5.93. The van der Waals surface area contributed by atoms with Gasteiger partial charge in [0.2, 0.25) is 0 Å². The molecule has 1 unspecified atom stereocenters. The van der Waals surface area contributed by atoms with Gasteiger partial charge in [-0.1, -0.05) is 23.8 Å². The quantitative estimate of drug-likeness (QED) is 0.307. The molecule has 27 heavy (non-hydrogen) atoms. The molecule has 0 bridgehead atoms. The first kappa shape index (κ1) is 21.7. The maximum absolute atomic E-state index is 6.05. The summed E-state index contributed by atoms with van der Waals surface area (Å²) >= 11 is 0. The fraction of sp³-hybridized carbons (Fsp3) is 0.500. The molecule has 1 N–H and O–H groups in total. The Hall–Kier alpha value is -1.61. The molecule has 1 fully saturated rings. The van der Waals surface area contributed by atoms with Gasteiger partial charge in [0.1, 0.15) is 6.10 Å². The van der Waals surface area contributed by atoms with Gasteiger partial charge in [-0.2, -0.15) is 5.10 Å². The van der Waals surface area contributed by atoms with Crippen molar-refractivity contribution in [2.45, 2.75) is 32.9 Å². The molecular weight excluding hydrogens is 453 g/mol. The Balaban J connectivity index is 0.00000261. The molecule has 7 heteroatoms. The SMILES string of the molecule is CN=C(NCCCn1cccn1)N1CCOC(c2ccc(C)cc2C)C1.I. The molecule has 2 aromatic rings. The lowest BCUT2D eigenvalue weighted by molar-refractivity contribution is -0.00831. The van der Waals surface area contributed by atoms with Crippen molar-refractivity contribution in [1.29, 1.82) is 0 Å². The highest BCUT2D eigenvalue weighted by atomic mass is 127. The first-order chi connectivity index (χ1) is 12.7. The maximum Gasteiger partial charge on any atom is 0.193 e. The summed E-state index contributed by atoms with van der Waals surface area (Å²) in [7, 11) is 1.84. The molecule has 148 valence electrons. The number of aliphatic imine (C=N–C) groups is 1. The second-order valence-electron chi connectivity index (χ2n) is 6.76. The molecule has 0 radical (unpaired) electrons. The summed E-state index contributed by atoms with van der Waals surface area (Å²) in [5, 5.41) is 7.71. The Labute approximate surface area is 179 Å². The average Bonchev–Trinajstić information content (AvgIpc) is 3.15. The molecule has 1 aromatic heterocycles. The molecule has 2 heterocycles. The highest BCUT2D eigenvalue weighted by Crippen LogP contribution is 2.25. The molecule has 0 amide bonds. The summed E-state index contributed by atoms with van der Waals surface area (Å²) in [5.41, 5.74) is 3.85. The molecule has 3 rings (SSSR count). The number of halogens is 1. The van der Waals surface area contributed by atoms with Crippen LogP contribution in [-0.2, 0) is 11.3 Å². The van der Waals surface area contributed by atoms with Crippen molar-refractivity contribution in [2.75, 3.05) is 33.3 Å². The van der Waals surface area contributed by atoms with Crippen LogP contribution in [0.2, 0.25) is 0 Å². The molecule has 1 saturated heterocycles. The van der Waals surface area contributed by atoms with E-state index in [9.17, 15) is 0 Å². The van der Waals surface area contributed by atoms with E-state index in [2.05, 4.69) is 52.4 Å². The molecule has 0 saturated carbocycles. The van der Waals surface area contributed by atoms with Gasteiger partial charge in [0.15, 0.2) is 5.96 Å². The summed E-state index contributed by atoms with van der Waals surface area (Å²) in [6.07, 6.45) is 4.90. The lowest BCUT2D eigenvalue weighted by atomic mass is 10.00. The van der Waals surface area contributed by atoms with Gasteiger partial charge < -0.3 is 15.0 Å². The number of guanidine groups is 1. The van der Waals surface area contributed by atoms with Gasteiger partial charge in [0.05, 0.1) is 13.2 Å². The number of hydrogen-bond acceptors (Lipinski definition) is 3. The number of aromatic nitrogens is 2. The van der Waals surface area contributed by atoms with Crippen molar-refractivity contribution in [3.63, 3.8) is 0 Å². The van der Waals surface area contributed by atoms with E-state index < -0.39 is 0 Å². The molecule has 0 spiro atoms. The van der Waals surface area contributed by atoms with Gasteiger partial charge in [0.25, 0.3) is 0 Å². The number of nitrogens with one attached hydrogen (secondary N) is 1. The molecule has 1 aromatic carbocycles. The van der Waals surface area contributed by atoms with Gasteiger partial charge >= 0.3 is 0 Å². The average molecular weight is 483 g/mol. The normalized spacial score (nSPS) is 17.5. The fourth-order valence-electron chi connectivity index (χ4n) is 3.42. The van der Waals surface area contributed by atoms with E-state index in [-0.39, 0.29) is 30.1 Å². The number of rotatable bonds is 5. The van der Waals surface area contributed by atoms with Crippen LogP contribution < -0.4 is 5.32 Å². The van der Waals surface area contributed by atoms with Crippen LogP contribution in [0.4, 0.5) is 0 Å². The smallest absolute Gasteiger partial charge is 0.193 e. The summed E-state index contributed by atoms with van der Waals surface area (Å²) in [5.74, 6) is 0.948. The number of benzene rings is 1. The van der Waals surface area contributed by atoms with Gasteiger partial charge in [-0.25, -0.2) is 0 Å². The van der Waals surface area contributed by atoms with Gasteiger partial charge in [0, 0.05) is 39.1 Å². The van der Waals surface area contributed by atoms with Gasteiger partial charge in [-0.3, -0.25) is 9.67 Å². The van der Waals surface area contributed by atoms with E-state index in [1.54, 1.807) is 0 Å². The van der Waals surface area contributed by atoms with Crippen LogP contribution in [0.3, 0.4) is 0 Å². The van der Waals surface area contributed by atoms with Crippen molar-refractivity contribution in [3.05, 3.63) is 53.3 Å². The largest absolute Gasteiger partial charge is 0.370 e. The minimum atomic E-state index is 0. The van der Waals surface area contributed by atoms with Crippen LogP contribution in [0, 0.1) is 13.8 Å². The molecular formula is C20H30IN5O. The highest BCUT2D eigenvalue weighted by Gasteiger charge is 2.25. The second kappa shape index (κ2) is 10.7. The van der Waals surface area contributed by atoms with E-state index in [0.717, 1.165) is 38.6 Å². The Morgan fingerprint density at radius 2 is 2.22 bits per heavy atom. The number of ether oxygens (including phenoxy) is 1. The predicted octanol–water partition coefficient (Wildman–Crippen LogP) is 3.16. The monoisotopic (exact) mass is 483 g/mol. The van der Waals surface area contributed by atoms with Gasteiger partial charge in [-0.15, -0.1) is 24.0 Å². The molecule has 1 aliphatic heterocycles. The van der Waals surface area contributed by atoms with E-state index in [1.807, 2.05) is 30.2 Å². The van der Waals surface area contributed by atoms with Crippen molar-refractivity contribution in [1.82, 2.24) is 20.0 Å². The number of aryl methyl sites for hydroxylation is 3. The summed E-state index contributed by atoms with van der Waals surface area (Å²) in [6, 6.07) is 8.53. The fourth-order valence-corrected chi connectivity index (χ4v) is 3.42. The first-order valence-electron chi connectivity index (χ1n) is 9.29. The van der Waals surface area contributed by atoms with E-state index in [0.29, 0.717) is 6.61 Å². The number of morpholine rings is 1. The Kier molecular flexibility index (Phi) is 8.56. The topological polar surface area (TPSA) is 54.7 Å². The molecule has 6 nitrogen and oxygen atoms in total. The lowest BCUT2D eigenvalue weighted by Gasteiger charge is -2.35. The Morgan fingerprint density at radius 3 is 2.93 bits per heavy atom. The third-order valence-electron chi connectivity index (χ3n) is 4.76. The van der Waals surface area contributed by atoms with Crippen molar-refractivity contribution >= 4 is 29.9 Å². The van der Waals surface area contributed by atoms with Crippen LogP contribution in [0.15, 0.2) is 41.7 Å². The molecule has 1 atom stereocenters. The first-order valence-corrected chi connectivity index (χ1v) is 9.29. The van der Waals surface area contributed by atoms with E-state index >= 15 is 0 Å². The Bertz CT molecular complexity index is 732. The van der Waals surface area contributed by atoms with Crippen LogP contribution in [-0.4, -0.2) is 53.9 Å². The summed E-state index contributed by atoms with van der Waals surface area (Å²) < 4.78 is 8.00. The summed E-state index contributed by atoms with van der Waals surface area (Å²) in [6.45, 7) is 8.46. The zero-order valence-corrected chi connectivity index (χ0v) is 18.7. The van der Waals surface area contributed by atoms with Crippen LogP contribution in [0.1, 0.15) is 29.2 Å². The lowest BCUT2D eigenvalue weighted by Crippen LogP contribution is -2.48.